The van der Waals surface area contributed by atoms with Crippen LogP contribution in [0.1, 0.15) is 27.5 Å². The molecule has 24 heavy (non-hydrogen) atoms. The standard InChI is InChI=1S/C14H12N6O2S2/c1-6-15-5-7-3-4-8-10(9(7)16-6)20-22-11(8)12(21)17-13-18-19-14(23-2)24-13/h5H,3-4H2,1-2H3,(H,17,18,21). The minimum atomic E-state index is -0.373. The summed E-state index contributed by atoms with van der Waals surface area (Å²) in [6, 6.07) is 0. The third-order valence-corrected chi connectivity index (χ3v) is 5.46. The van der Waals surface area contributed by atoms with Gasteiger partial charge in [-0.1, -0.05) is 28.3 Å². The van der Waals surface area contributed by atoms with E-state index in [4.69, 9.17) is 4.52 Å². The van der Waals surface area contributed by atoms with E-state index in [-0.39, 0.29) is 11.7 Å². The Morgan fingerprint density at radius 1 is 1.33 bits per heavy atom. The van der Waals surface area contributed by atoms with Crippen LogP contribution in [0.3, 0.4) is 0 Å². The van der Waals surface area contributed by atoms with Gasteiger partial charge >= 0.3 is 0 Å². The van der Waals surface area contributed by atoms with E-state index in [1.807, 2.05) is 13.2 Å². The molecule has 1 aliphatic rings. The van der Waals surface area contributed by atoms with E-state index >= 15 is 0 Å². The molecule has 0 fully saturated rings. The van der Waals surface area contributed by atoms with E-state index in [9.17, 15) is 4.79 Å². The highest BCUT2D eigenvalue weighted by atomic mass is 32.2. The van der Waals surface area contributed by atoms with Crippen molar-refractivity contribution in [1.82, 2.24) is 25.3 Å². The first-order valence-corrected chi connectivity index (χ1v) is 9.20. The van der Waals surface area contributed by atoms with Crippen LogP contribution in [0.5, 0.6) is 0 Å². The maximum absolute atomic E-state index is 12.5. The lowest BCUT2D eigenvalue weighted by Crippen LogP contribution is -2.15. The molecule has 1 amide bonds. The summed E-state index contributed by atoms with van der Waals surface area (Å²) in [4.78, 5) is 21.1. The summed E-state index contributed by atoms with van der Waals surface area (Å²) < 4.78 is 6.09. The largest absolute Gasteiger partial charge is 0.350 e. The number of aryl methyl sites for hydroxylation is 2. The Morgan fingerprint density at radius 3 is 3.00 bits per heavy atom. The molecular formula is C14H12N6O2S2. The summed E-state index contributed by atoms with van der Waals surface area (Å²) in [7, 11) is 0. The van der Waals surface area contributed by atoms with Gasteiger partial charge in [0.2, 0.25) is 10.9 Å². The van der Waals surface area contributed by atoms with Crippen molar-refractivity contribution >= 4 is 34.1 Å². The van der Waals surface area contributed by atoms with Crippen LogP contribution in [-0.4, -0.2) is 37.5 Å². The first kappa shape index (κ1) is 15.2. The maximum Gasteiger partial charge on any atom is 0.296 e. The molecule has 0 atom stereocenters. The van der Waals surface area contributed by atoms with Crippen molar-refractivity contribution in [2.75, 3.05) is 11.6 Å². The summed E-state index contributed by atoms with van der Waals surface area (Å²) in [5.41, 5.74) is 3.15. The molecule has 3 heterocycles. The van der Waals surface area contributed by atoms with Crippen molar-refractivity contribution < 1.29 is 9.32 Å². The second-order valence-corrected chi connectivity index (χ2v) is 7.19. The molecule has 0 bridgehead atoms. The molecule has 0 saturated heterocycles. The fraction of sp³-hybridized carbons (Fsp3) is 0.286. The Hall–Kier alpha value is -2.33. The van der Waals surface area contributed by atoms with Crippen molar-refractivity contribution in [1.29, 1.82) is 0 Å². The number of hydrogen-bond acceptors (Lipinski definition) is 9. The summed E-state index contributed by atoms with van der Waals surface area (Å²) in [6.07, 6.45) is 5.12. The van der Waals surface area contributed by atoms with Crippen molar-refractivity contribution in [3.8, 4) is 11.4 Å². The zero-order valence-corrected chi connectivity index (χ0v) is 14.5. The van der Waals surface area contributed by atoms with Crippen LogP contribution < -0.4 is 5.32 Å². The SMILES string of the molecule is CSc1nnc(NC(=O)c2onc3c2CCc2cnc(C)nc2-3)s1. The van der Waals surface area contributed by atoms with Crippen LogP contribution in [0.2, 0.25) is 0 Å². The monoisotopic (exact) mass is 360 g/mol. The van der Waals surface area contributed by atoms with E-state index in [0.29, 0.717) is 23.1 Å². The van der Waals surface area contributed by atoms with Gasteiger partial charge in [-0.25, -0.2) is 9.97 Å². The quantitative estimate of drug-likeness (QED) is 0.560. The van der Waals surface area contributed by atoms with Gasteiger partial charge in [0.15, 0.2) is 4.34 Å². The molecule has 8 nitrogen and oxygen atoms in total. The van der Waals surface area contributed by atoms with Gasteiger partial charge in [-0.2, -0.15) is 0 Å². The molecule has 1 aliphatic carbocycles. The van der Waals surface area contributed by atoms with Crippen LogP contribution in [-0.2, 0) is 12.8 Å². The van der Waals surface area contributed by atoms with Crippen LogP contribution in [0, 0.1) is 6.92 Å². The molecule has 3 aromatic heterocycles. The number of nitrogens with zero attached hydrogens (tertiary/aromatic N) is 5. The summed E-state index contributed by atoms with van der Waals surface area (Å²) in [5.74, 6) is 0.489. The van der Waals surface area contributed by atoms with Crippen LogP contribution in [0.4, 0.5) is 5.13 Å². The third kappa shape index (κ3) is 2.57. The minimum absolute atomic E-state index is 0.202. The Bertz CT molecular complexity index is 935. The number of nitrogens with one attached hydrogen (secondary N) is 1. The molecular weight excluding hydrogens is 348 g/mol. The topological polar surface area (TPSA) is 107 Å². The predicted octanol–water partition coefficient (Wildman–Crippen LogP) is 2.36. The zero-order valence-electron chi connectivity index (χ0n) is 12.9. The first-order chi connectivity index (χ1) is 11.7. The van der Waals surface area contributed by atoms with Gasteiger partial charge in [0.1, 0.15) is 11.5 Å². The lowest BCUT2D eigenvalue weighted by Gasteiger charge is -2.13. The molecule has 4 rings (SSSR count). The summed E-state index contributed by atoms with van der Waals surface area (Å²) >= 11 is 2.79. The van der Waals surface area contributed by atoms with Gasteiger partial charge in [0.05, 0.1) is 5.69 Å². The fourth-order valence-corrected chi connectivity index (χ4v) is 3.71. The molecule has 0 aromatic carbocycles. The van der Waals surface area contributed by atoms with Crippen LogP contribution in [0.25, 0.3) is 11.4 Å². The van der Waals surface area contributed by atoms with Gasteiger partial charge in [-0.15, -0.1) is 10.2 Å². The highest BCUT2D eigenvalue weighted by Crippen LogP contribution is 2.33. The maximum atomic E-state index is 12.5. The summed E-state index contributed by atoms with van der Waals surface area (Å²) in [5, 5.41) is 15.1. The Kier molecular flexibility index (Phi) is 3.77. The average Bonchev–Trinajstić information content (AvgIpc) is 3.21. The lowest BCUT2D eigenvalue weighted by molar-refractivity contribution is 0.0986. The molecule has 10 heteroatoms. The van der Waals surface area contributed by atoms with E-state index < -0.39 is 0 Å². The van der Waals surface area contributed by atoms with Crippen molar-refractivity contribution in [3.63, 3.8) is 0 Å². The Balaban J connectivity index is 1.65. The normalized spacial score (nSPS) is 12.6. The molecule has 3 aromatic rings. The number of amides is 1. The van der Waals surface area contributed by atoms with E-state index in [1.54, 1.807) is 6.20 Å². The van der Waals surface area contributed by atoms with E-state index in [2.05, 4.69) is 30.6 Å². The molecule has 1 N–H and O–H groups in total. The first-order valence-electron chi connectivity index (χ1n) is 7.16. The number of hydrogen-bond donors (Lipinski definition) is 1. The molecule has 0 unspecified atom stereocenters. The highest BCUT2D eigenvalue weighted by molar-refractivity contribution is 8.00. The van der Waals surface area contributed by atoms with Gasteiger partial charge in [0.25, 0.3) is 5.91 Å². The molecule has 0 aliphatic heterocycles. The van der Waals surface area contributed by atoms with Crippen LogP contribution in [0.15, 0.2) is 15.1 Å². The van der Waals surface area contributed by atoms with Gasteiger partial charge in [-0.3, -0.25) is 10.1 Å². The van der Waals surface area contributed by atoms with Gasteiger partial charge in [0, 0.05) is 11.8 Å². The Labute approximate surface area is 145 Å². The summed E-state index contributed by atoms with van der Waals surface area (Å²) in [6.45, 7) is 1.82. The van der Waals surface area contributed by atoms with Crippen molar-refractivity contribution in [2.45, 2.75) is 24.1 Å². The van der Waals surface area contributed by atoms with Crippen molar-refractivity contribution in [2.24, 2.45) is 0 Å². The number of carbonyl (C=O) groups is 1. The zero-order chi connectivity index (χ0) is 16.7. The smallest absolute Gasteiger partial charge is 0.296 e. The third-order valence-electron chi connectivity index (χ3n) is 3.65. The van der Waals surface area contributed by atoms with Gasteiger partial charge in [-0.05, 0) is 31.6 Å². The predicted molar refractivity (Wildman–Crippen MR) is 89.3 cm³/mol. The van der Waals surface area contributed by atoms with E-state index in [1.165, 1.54) is 23.1 Å². The number of carbonyl (C=O) groups excluding carboxylic acids is 1. The molecule has 0 radical (unpaired) electrons. The molecule has 0 saturated carbocycles. The number of thioether (sulfide) groups is 1. The minimum Gasteiger partial charge on any atom is -0.350 e. The molecule has 0 spiro atoms. The number of fused-ring (bicyclic) bond motifs is 3. The number of aromatic nitrogens is 5. The second kappa shape index (κ2) is 5.95. The average molecular weight is 360 g/mol. The van der Waals surface area contributed by atoms with E-state index in [0.717, 1.165) is 27.6 Å². The highest BCUT2D eigenvalue weighted by Gasteiger charge is 2.29. The van der Waals surface area contributed by atoms with Crippen LogP contribution >= 0.6 is 23.1 Å². The molecule has 122 valence electrons. The van der Waals surface area contributed by atoms with Crippen molar-refractivity contribution in [3.05, 3.63) is 28.9 Å². The second-order valence-electron chi connectivity index (χ2n) is 5.16. The Morgan fingerprint density at radius 2 is 2.21 bits per heavy atom. The lowest BCUT2D eigenvalue weighted by atomic mass is 9.93. The fourth-order valence-electron chi connectivity index (χ4n) is 2.54. The number of anilines is 1. The number of rotatable bonds is 3. The van der Waals surface area contributed by atoms with Gasteiger partial charge < -0.3 is 4.52 Å².